The van der Waals surface area contributed by atoms with Gasteiger partial charge in [-0.05, 0) is 52.5 Å². The number of hydrogen-bond donors (Lipinski definition) is 1. The zero-order valence-electron chi connectivity index (χ0n) is 12.4. The van der Waals surface area contributed by atoms with Gasteiger partial charge in [0.15, 0.2) is 0 Å². The first kappa shape index (κ1) is 14.3. The summed E-state index contributed by atoms with van der Waals surface area (Å²) in [4.78, 5) is 2.67. The van der Waals surface area contributed by atoms with Gasteiger partial charge >= 0.3 is 0 Å². The maximum atomic E-state index is 5.71. The van der Waals surface area contributed by atoms with Crippen molar-refractivity contribution in [2.75, 3.05) is 26.2 Å². The van der Waals surface area contributed by atoms with Crippen molar-refractivity contribution in [3.05, 3.63) is 0 Å². The van der Waals surface area contributed by atoms with E-state index < -0.39 is 0 Å². The fourth-order valence-corrected chi connectivity index (χ4v) is 3.13. The van der Waals surface area contributed by atoms with Crippen LogP contribution in [0, 0.1) is 0 Å². The molecular formula is C15H30N2O. The summed E-state index contributed by atoms with van der Waals surface area (Å²) in [5, 5.41) is 3.65. The van der Waals surface area contributed by atoms with Crippen LogP contribution in [0.5, 0.6) is 0 Å². The monoisotopic (exact) mass is 254 g/mol. The van der Waals surface area contributed by atoms with Gasteiger partial charge in [-0.2, -0.15) is 0 Å². The van der Waals surface area contributed by atoms with Gasteiger partial charge in [0, 0.05) is 31.3 Å². The molecule has 0 aromatic heterocycles. The molecule has 0 saturated carbocycles. The summed E-state index contributed by atoms with van der Waals surface area (Å²) in [6.07, 6.45) is 6.86. The molecule has 2 atom stereocenters. The van der Waals surface area contributed by atoms with E-state index in [2.05, 4.69) is 31.0 Å². The van der Waals surface area contributed by atoms with Crippen LogP contribution < -0.4 is 5.32 Å². The molecule has 0 amide bonds. The smallest absolute Gasteiger partial charge is 0.0576 e. The zero-order valence-corrected chi connectivity index (χ0v) is 12.4. The van der Waals surface area contributed by atoms with E-state index >= 15 is 0 Å². The Morgan fingerprint density at radius 1 is 1.39 bits per heavy atom. The van der Waals surface area contributed by atoms with Crippen LogP contribution >= 0.6 is 0 Å². The molecule has 106 valence electrons. The minimum absolute atomic E-state index is 0.308. The summed E-state index contributed by atoms with van der Waals surface area (Å²) in [5.41, 5.74) is 0.308. The molecule has 2 aliphatic rings. The maximum Gasteiger partial charge on any atom is 0.0576 e. The highest BCUT2D eigenvalue weighted by Gasteiger charge is 2.32. The van der Waals surface area contributed by atoms with E-state index in [0.717, 1.165) is 13.2 Å². The van der Waals surface area contributed by atoms with Crippen LogP contribution in [0.25, 0.3) is 0 Å². The van der Waals surface area contributed by atoms with Crippen LogP contribution in [-0.2, 0) is 4.74 Å². The molecule has 2 rings (SSSR count). The summed E-state index contributed by atoms with van der Waals surface area (Å²) >= 11 is 0. The number of rotatable bonds is 5. The quantitative estimate of drug-likeness (QED) is 0.815. The second-order valence-corrected chi connectivity index (χ2v) is 6.52. The number of piperazine rings is 1. The molecule has 0 spiro atoms. The Bertz CT molecular complexity index is 249. The molecule has 0 aliphatic carbocycles. The molecular weight excluding hydrogens is 224 g/mol. The largest absolute Gasteiger partial charge is 0.378 e. The van der Waals surface area contributed by atoms with Gasteiger partial charge in [0.25, 0.3) is 0 Å². The predicted octanol–water partition coefficient (Wildman–Crippen LogP) is 2.41. The lowest BCUT2D eigenvalue weighted by Crippen LogP contribution is -2.61. The molecule has 0 radical (unpaired) electrons. The highest BCUT2D eigenvalue weighted by molar-refractivity contribution is 4.92. The zero-order chi connectivity index (χ0) is 13.0. The second-order valence-electron chi connectivity index (χ2n) is 6.52. The molecule has 2 saturated heterocycles. The lowest BCUT2D eigenvalue weighted by molar-refractivity contribution is 0.0536. The summed E-state index contributed by atoms with van der Waals surface area (Å²) in [6, 6.07) is 0.681. The molecule has 0 aromatic carbocycles. The van der Waals surface area contributed by atoms with Crippen molar-refractivity contribution in [1.29, 1.82) is 0 Å². The minimum atomic E-state index is 0.308. The highest BCUT2D eigenvalue weighted by atomic mass is 16.5. The Labute approximate surface area is 112 Å². The second kappa shape index (κ2) is 6.36. The summed E-state index contributed by atoms with van der Waals surface area (Å²) in [7, 11) is 0. The molecule has 18 heavy (non-hydrogen) atoms. The summed E-state index contributed by atoms with van der Waals surface area (Å²) in [5.74, 6) is 0. The number of nitrogens with one attached hydrogen (secondary N) is 1. The van der Waals surface area contributed by atoms with E-state index in [-0.39, 0.29) is 0 Å². The molecule has 3 heteroatoms. The van der Waals surface area contributed by atoms with Gasteiger partial charge < -0.3 is 10.1 Å². The van der Waals surface area contributed by atoms with E-state index in [0.29, 0.717) is 17.7 Å². The van der Waals surface area contributed by atoms with Crippen LogP contribution in [-0.4, -0.2) is 48.8 Å². The fraction of sp³-hybridized carbons (Fsp3) is 1.00. The SMILES string of the molecule is CCC1CN(CCCC2CCCO2)C(C)(C)CN1. The first-order valence-corrected chi connectivity index (χ1v) is 7.72. The topological polar surface area (TPSA) is 24.5 Å². The Morgan fingerprint density at radius 3 is 2.89 bits per heavy atom. The van der Waals surface area contributed by atoms with Gasteiger partial charge in [0.05, 0.1) is 6.10 Å². The van der Waals surface area contributed by atoms with E-state index in [1.54, 1.807) is 0 Å². The molecule has 2 heterocycles. The molecule has 3 nitrogen and oxygen atoms in total. The average molecular weight is 254 g/mol. The molecule has 0 aromatic rings. The Kier molecular flexibility index (Phi) is 5.05. The molecule has 1 N–H and O–H groups in total. The number of nitrogens with zero attached hydrogens (tertiary/aromatic N) is 1. The first-order chi connectivity index (χ1) is 8.62. The molecule has 2 fully saturated rings. The standard InChI is InChI=1S/C15H30N2O/c1-4-13-11-17(15(2,3)12-16-13)9-5-7-14-8-6-10-18-14/h13-14,16H,4-12H2,1-3H3. The third-order valence-electron chi connectivity index (χ3n) is 4.59. The van der Waals surface area contributed by atoms with Crippen molar-refractivity contribution in [1.82, 2.24) is 10.2 Å². The third kappa shape index (κ3) is 3.69. The Balaban J connectivity index is 1.74. The minimum Gasteiger partial charge on any atom is -0.378 e. The lowest BCUT2D eigenvalue weighted by Gasteiger charge is -2.46. The molecule has 0 bridgehead atoms. The number of hydrogen-bond acceptors (Lipinski definition) is 3. The van der Waals surface area contributed by atoms with Crippen LogP contribution in [0.15, 0.2) is 0 Å². The Morgan fingerprint density at radius 2 is 2.22 bits per heavy atom. The van der Waals surface area contributed by atoms with E-state index in [1.807, 2.05) is 0 Å². The van der Waals surface area contributed by atoms with Crippen molar-refractivity contribution >= 4 is 0 Å². The van der Waals surface area contributed by atoms with Crippen LogP contribution in [0.1, 0.15) is 52.9 Å². The maximum absolute atomic E-state index is 5.71. The predicted molar refractivity (Wildman–Crippen MR) is 75.9 cm³/mol. The van der Waals surface area contributed by atoms with Crippen LogP contribution in [0.2, 0.25) is 0 Å². The van der Waals surface area contributed by atoms with E-state index in [1.165, 1.54) is 45.2 Å². The fourth-order valence-electron chi connectivity index (χ4n) is 3.13. The normalized spacial score (nSPS) is 32.8. The van der Waals surface area contributed by atoms with Gasteiger partial charge in [-0.25, -0.2) is 0 Å². The van der Waals surface area contributed by atoms with Gasteiger partial charge in [0.2, 0.25) is 0 Å². The lowest BCUT2D eigenvalue weighted by atomic mass is 9.96. The van der Waals surface area contributed by atoms with Crippen molar-refractivity contribution in [3.63, 3.8) is 0 Å². The average Bonchev–Trinajstić information content (AvgIpc) is 2.84. The van der Waals surface area contributed by atoms with Gasteiger partial charge in [0.1, 0.15) is 0 Å². The van der Waals surface area contributed by atoms with Gasteiger partial charge in [-0.3, -0.25) is 4.90 Å². The van der Waals surface area contributed by atoms with Gasteiger partial charge in [-0.1, -0.05) is 6.92 Å². The number of ether oxygens (including phenoxy) is 1. The molecule has 2 unspecified atom stereocenters. The van der Waals surface area contributed by atoms with Crippen molar-refractivity contribution in [3.8, 4) is 0 Å². The van der Waals surface area contributed by atoms with E-state index in [9.17, 15) is 0 Å². The van der Waals surface area contributed by atoms with Crippen molar-refractivity contribution < 1.29 is 4.74 Å². The van der Waals surface area contributed by atoms with Crippen molar-refractivity contribution in [2.24, 2.45) is 0 Å². The summed E-state index contributed by atoms with van der Waals surface area (Å²) in [6.45, 7) is 11.5. The van der Waals surface area contributed by atoms with Crippen LogP contribution in [0.4, 0.5) is 0 Å². The Hall–Kier alpha value is -0.120. The first-order valence-electron chi connectivity index (χ1n) is 7.72. The van der Waals surface area contributed by atoms with E-state index in [4.69, 9.17) is 4.74 Å². The summed E-state index contributed by atoms with van der Waals surface area (Å²) < 4.78 is 5.71. The van der Waals surface area contributed by atoms with Gasteiger partial charge in [-0.15, -0.1) is 0 Å². The third-order valence-corrected chi connectivity index (χ3v) is 4.59. The van der Waals surface area contributed by atoms with Crippen LogP contribution in [0.3, 0.4) is 0 Å². The molecule has 2 aliphatic heterocycles. The van der Waals surface area contributed by atoms with Crippen molar-refractivity contribution in [2.45, 2.75) is 70.6 Å². The highest BCUT2D eigenvalue weighted by Crippen LogP contribution is 2.22.